The zero-order chi connectivity index (χ0) is 17.4. The molecule has 0 radical (unpaired) electrons. The Balaban J connectivity index is 2.75. The van der Waals surface area contributed by atoms with Crippen molar-refractivity contribution in [3.8, 4) is 0 Å². The quantitative estimate of drug-likeness (QED) is 0.272. The molecule has 1 aromatic carbocycles. The van der Waals surface area contributed by atoms with Crippen LogP contribution in [0, 0.1) is 11.7 Å². The molecule has 2 unspecified atom stereocenters. The number of halogens is 1. The molecule has 0 aliphatic heterocycles. The summed E-state index contributed by atoms with van der Waals surface area (Å²) < 4.78 is 29.7. The number of anilines is 1. The van der Waals surface area contributed by atoms with Gasteiger partial charge in [-0.3, -0.25) is 4.57 Å². The van der Waals surface area contributed by atoms with Gasteiger partial charge in [0.05, 0.1) is 11.2 Å². The van der Waals surface area contributed by atoms with Gasteiger partial charge < -0.3 is 15.6 Å². The average molecular weight is 344 g/mol. The van der Waals surface area contributed by atoms with E-state index in [1.807, 2.05) is 13.8 Å². The molecule has 5 N–H and O–H groups in total. The second kappa shape index (κ2) is 6.61. The summed E-state index contributed by atoms with van der Waals surface area (Å²) in [6.07, 6.45) is 0.872. The van der Waals surface area contributed by atoms with Gasteiger partial charge in [0.25, 0.3) is 0 Å². The van der Waals surface area contributed by atoms with Crippen molar-refractivity contribution >= 4 is 24.2 Å². The molecule has 0 fully saturated rings. The molecule has 0 saturated carbocycles. The fourth-order valence-corrected chi connectivity index (χ4v) is 4.02. The van der Waals surface area contributed by atoms with Crippen LogP contribution in [-0.2, 0) is 15.7 Å². The summed E-state index contributed by atoms with van der Waals surface area (Å²) in [4.78, 5) is 12.9. The number of fused-ring (bicyclic) bond motifs is 1. The number of aromatic nitrogens is 1. The van der Waals surface area contributed by atoms with Crippen LogP contribution in [0.3, 0.4) is 0 Å². The number of rotatable bonds is 6. The van der Waals surface area contributed by atoms with Crippen LogP contribution in [0.15, 0.2) is 12.1 Å². The lowest BCUT2D eigenvalue weighted by atomic mass is 9.98. The van der Waals surface area contributed by atoms with E-state index in [2.05, 4.69) is 9.66 Å². The molecule has 2 rings (SSSR count). The summed E-state index contributed by atoms with van der Waals surface area (Å²) >= 11 is 0. The summed E-state index contributed by atoms with van der Waals surface area (Å²) in [6.45, 7) is 5.73. The van der Waals surface area contributed by atoms with Crippen LogP contribution in [0.25, 0.3) is 10.9 Å². The average Bonchev–Trinajstić information content (AvgIpc) is 2.82. The van der Waals surface area contributed by atoms with Crippen molar-refractivity contribution in [2.75, 3.05) is 5.73 Å². The molecule has 1 aromatic heterocycles. The number of benzene rings is 1. The number of hydrogen-bond donors (Lipinski definition) is 4. The van der Waals surface area contributed by atoms with E-state index in [4.69, 9.17) is 11.0 Å². The Morgan fingerprint density at radius 2 is 2.09 bits per heavy atom. The van der Waals surface area contributed by atoms with Crippen LogP contribution in [0.1, 0.15) is 44.1 Å². The zero-order valence-electron chi connectivity index (χ0n) is 13.3. The fourth-order valence-electron chi connectivity index (χ4n) is 2.90. The molecule has 0 amide bonds. The molecule has 2 aromatic rings. The van der Waals surface area contributed by atoms with Crippen LogP contribution in [0.5, 0.6) is 0 Å². The maximum absolute atomic E-state index is 13.7. The molecule has 1 heterocycles. The minimum atomic E-state index is -4.27. The Morgan fingerprint density at radius 3 is 2.61 bits per heavy atom. The summed E-state index contributed by atoms with van der Waals surface area (Å²) in [7, 11) is -4.27. The van der Waals surface area contributed by atoms with Gasteiger partial charge in [-0.05, 0) is 36.5 Å². The van der Waals surface area contributed by atoms with Crippen molar-refractivity contribution in [1.82, 2.24) is 4.98 Å². The number of nitrogens with two attached hydrogens (primary N) is 1. The van der Waals surface area contributed by atoms with Gasteiger partial charge in [0.15, 0.2) is 0 Å². The monoisotopic (exact) mass is 344 g/mol. The van der Waals surface area contributed by atoms with Gasteiger partial charge in [-0.15, -0.1) is 0 Å². The Hall–Kier alpha value is -1.40. The van der Waals surface area contributed by atoms with Crippen molar-refractivity contribution in [3.05, 3.63) is 29.2 Å². The number of aromatic amines is 1. The summed E-state index contributed by atoms with van der Waals surface area (Å²) in [6, 6.07) is 2.88. The number of nitrogen functional groups attached to an aromatic ring is 1. The van der Waals surface area contributed by atoms with E-state index in [1.54, 1.807) is 13.0 Å². The molecule has 0 saturated heterocycles. The van der Waals surface area contributed by atoms with E-state index in [1.165, 1.54) is 6.07 Å². The molecule has 128 valence electrons. The van der Waals surface area contributed by atoms with E-state index in [9.17, 15) is 13.8 Å². The third-order valence-electron chi connectivity index (χ3n) is 3.95. The first-order valence-electron chi connectivity index (χ1n) is 7.46. The second-order valence-electron chi connectivity index (χ2n) is 6.07. The number of H-pyrrole nitrogens is 1. The molecule has 23 heavy (non-hydrogen) atoms. The third kappa shape index (κ3) is 3.28. The van der Waals surface area contributed by atoms with Crippen molar-refractivity contribution in [2.24, 2.45) is 5.92 Å². The van der Waals surface area contributed by atoms with Gasteiger partial charge in [0.1, 0.15) is 11.5 Å². The minimum absolute atomic E-state index is 0.0358. The zero-order valence-corrected chi connectivity index (χ0v) is 14.2. The van der Waals surface area contributed by atoms with Gasteiger partial charge in [0.2, 0.25) is 0 Å². The van der Waals surface area contributed by atoms with E-state index in [-0.39, 0.29) is 18.0 Å². The van der Waals surface area contributed by atoms with Gasteiger partial charge in [-0.25, -0.2) is 9.65 Å². The van der Waals surface area contributed by atoms with Crippen molar-refractivity contribution in [1.29, 1.82) is 0 Å². The largest absolute Gasteiger partial charge is 0.395 e. The summed E-state index contributed by atoms with van der Waals surface area (Å²) in [5.74, 6) is -0.287. The molecule has 6 nitrogen and oxygen atoms in total. The smallest absolute Gasteiger partial charge is 0.363 e. The first-order chi connectivity index (χ1) is 10.7. The van der Waals surface area contributed by atoms with Crippen molar-refractivity contribution in [2.45, 2.75) is 39.3 Å². The highest BCUT2D eigenvalue weighted by atomic mass is 31.2. The molecule has 0 spiro atoms. The first kappa shape index (κ1) is 17.9. The van der Waals surface area contributed by atoms with Crippen molar-refractivity contribution < 1.29 is 23.8 Å². The molecule has 0 aliphatic rings. The highest BCUT2D eigenvalue weighted by molar-refractivity contribution is 7.53. The Labute approximate surface area is 133 Å². The maximum Gasteiger partial charge on any atom is 0.363 e. The first-order valence-corrected chi connectivity index (χ1v) is 9.11. The van der Waals surface area contributed by atoms with Gasteiger partial charge >= 0.3 is 7.60 Å². The molecule has 0 aliphatic carbocycles. The van der Waals surface area contributed by atoms with Crippen LogP contribution >= 0.6 is 7.60 Å². The minimum Gasteiger partial charge on any atom is -0.395 e. The predicted octanol–water partition coefficient (Wildman–Crippen LogP) is 4.21. The third-order valence-corrected chi connectivity index (χ3v) is 5.59. The number of nitrogens with one attached hydrogen (secondary N) is 1. The number of hydrogen-bond acceptors (Lipinski definition) is 4. The van der Waals surface area contributed by atoms with E-state index in [0.29, 0.717) is 23.0 Å². The van der Waals surface area contributed by atoms with Gasteiger partial charge in [-0.2, -0.15) is 4.67 Å². The summed E-state index contributed by atoms with van der Waals surface area (Å²) in [5.41, 5.74) is 6.45. The fraction of sp³-hybridized carbons (Fsp3) is 0.467. The highest BCUT2D eigenvalue weighted by Crippen LogP contribution is 2.58. The molecule has 0 bridgehead atoms. The topological polar surface area (TPSA) is 109 Å². The van der Waals surface area contributed by atoms with E-state index < -0.39 is 19.1 Å². The Kier molecular flexibility index (Phi) is 5.16. The van der Waals surface area contributed by atoms with Crippen LogP contribution < -0.4 is 5.73 Å². The van der Waals surface area contributed by atoms with Crippen LogP contribution in [0.4, 0.5) is 10.1 Å². The van der Waals surface area contributed by atoms with E-state index >= 15 is 0 Å². The second-order valence-corrected chi connectivity index (χ2v) is 7.98. The molecule has 2 atom stereocenters. The van der Waals surface area contributed by atoms with Gasteiger partial charge in [0, 0.05) is 11.1 Å². The SMILES string of the molecule is CCC(c1[nH]c2c(N)c(F)ccc2c1CC(C)C)P(=O)(O)OO. The summed E-state index contributed by atoms with van der Waals surface area (Å²) in [5, 5.41) is 9.50. The molecular weight excluding hydrogens is 322 g/mol. The molecular formula is C15H22FN2O4P. The lowest BCUT2D eigenvalue weighted by Crippen LogP contribution is -2.06. The molecule has 8 heteroatoms. The van der Waals surface area contributed by atoms with Crippen LogP contribution in [-0.4, -0.2) is 15.1 Å². The maximum atomic E-state index is 13.7. The highest BCUT2D eigenvalue weighted by Gasteiger charge is 2.36. The Bertz CT molecular complexity index is 760. The lowest BCUT2D eigenvalue weighted by Gasteiger charge is -2.19. The van der Waals surface area contributed by atoms with Gasteiger partial charge in [-0.1, -0.05) is 20.8 Å². The normalized spacial score (nSPS) is 16.0. The van der Waals surface area contributed by atoms with Crippen molar-refractivity contribution in [3.63, 3.8) is 0 Å². The predicted molar refractivity (Wildman–Crippen MR) is 87.8 cm³/mol. The van der Waals surface area contributed by atoms with E-state index in [0.717, 1.165) is 5.56 Å². The standard InChI is InChI=1S/C15H22FN2O4P/c1-4-12(23(20,21)22-19)14-10(7-8(2)3)9-5-6-11(16)13(17)15(9)18-14/h5-6,8,12,18-19H,4,7,17H2,1-3H3,(H,20,21). The lowest BCUT2D eigenvalue weighted by molar-refractivity contribution is -0.147. The van der Waals surface area contributed by atoms with Crippen LogP contribution in [0.2, 0.25) is 0 Å². The Morgan fingerprint density at radius 1 is 1.43 bits per heavy atom.